The average molecular weight is 384 g/mol. The lowest BCUT2D eigenvalue weighted by molar-refractivity contribution is -0.129. The molecule has 7 heteroatoms. The predicted octanol–water partition coefficient (Wildman–Crippen LogP) is 2.93. The summed E-state index contributed by atoms with van der Waals surface area (Å²) in [6.07, 6.45) is 1.23. The highest BCUT2D eigenvalue weighted by Crippen LogP contribution is 2.36. The molecule has 1 atom stereocenters. The van der Waals surface area contributed by atoms with Gasteiger partial charge in [-0.2, -0.15) is 0 Å². The van der Waals surface area contributed by atoms with Gasteiger partial charge in [-0.3, -0.25) is 19.3 Å². The van der Waals surface area contributed by atoms with Crippen LogP contribution in [0.15, 0.2) is 41.0 Å². The Kier molecular flexibility index (Phi) is 5.27. The normalized spacial score (nSPS) is 16.4. The third-order valence-corrected chi connectivity index (χ3v) is 4.25. The van der Waals surface area contributed by atoms with E-state index in [1.165, 1.54) is 11.2 Å². The third-order valence-electron chi connectivity index (χ3n) is 4.25. The van der Waals surface area contributed by atoms with Crippen LogP contribution in [0.3, 0.4) is 0 Å². The van der Waals surface area contributed by atoms with Crippen molar-refractivity contribution in [1.82, 2.24) is 5.32 Å². The highest BCUT2D eigenvalue weighted by atomic mass is 16.5. The second-order valence-corrected chi connectivity index (χ2v) is 7.73. The van der Waals surface area contributed by atoms with Crippen molar-refractivity contribution >= 4 is 23.3 Å². The quantitative estimate of drug-likeness (QED) is 0.801. The number of rotatable bonds is 5. The topological polar surface area (TPSA) is 88.8 Å². The Hall–Kier alpha value is -3.09. The van der Waals surface area contributed by atoms with Crippen molar-refractivity contribution in [1.29, 1.82) is 0 Å². The number of hydrogen-bond acceptors (Lipinski definition) is 5. The molecule has 3 rings (SSSR count). The number of carbonyl (C=O) groups excluding carboxylic acids is 3. The van der Waals surface area contributed by atoms with E-state index >= 15 is 0 Å². The number of anilines is 1. The van der Waals surface area contributed by atoms with Crippen molar-refractivity contribution in [3.8, 4) is 5.75 Å². The van der Waals surface area contributed by atoms with E-state index in [1.807, 2.05) is 27.7 Å². The molecule has 148 valence electrons. The van der Waals surface area contributed by atoms with E-state index in [-0.39, 0.29) is 29.9 Å². The van der Waals surface area contributed by atoms with Gasteiger partial charge in [0.15, 0.2) is 11.9 Å². The molecule has 0 aliphatic carbocycles. The van der Waals surface area contributed by atoms with Gasteiger partial charge in [0.05, 0.1) is 12.0 Å². The predicted molar refractivity (Wildman–Crippen MR) is 104 cm³/mol. The van der Waals surface area contributed by atoms with Gasteiger partial charge >= 0.3 is 0 Å². The van der Waals surface area contributed by atoms with Crippen LogP contribution in [0.5, 0.6) is 5.75 Å². The number of benzene rings is 1. The van der Waals surface area contributed by atoms with Crippen molar-refractivity contribution < 1.29 is 23.5 Å². The Morgan fingerprint density at radius 1 is 1.21 bits per heavy atom. The first-order valence-corrected chi connectivity index (χ1v) is 9.21. The lowest BCUT2D eigenvalue weighted by Crippen LogP contribution is -2.52. The van der Waals surface area contributed by atoms with Crippen molar-refractivity contribution in [3.05, 3.63) is 47.9 Å². The van der Waals surface area contributed by atoms with Crippen molar-refractivity contribution in [2.75, 3.05) is 11.4 Å². The van der Waals surface area contributed by atoms with Gasteiger partial charge in [-0.1, -0.05) is 6.92 Å². The SMILES string of the molecule is CCC1Oc2ccc(C(=O)c3ccco3)cc2N(CC(=O)NC(C)(C)C)C1=O. The van der Waals surface area contributed by atoms with E-state index in [2.05, 4.69) is 5.32 Å². The fraction of sp³-hybridized carbons (Fsp3) is 0.381. The summed E-state index contributed by atoms with van der Waals surface area (Å²) in [5, 5.41) is 2.85. The van der Waals surface area contributed by atoms with Gasteiger partial charge in [0.1, 0.15) is 12.3 Å². The van der Waals surface area contributed by atoms with Crippen LogP contribution < -0.4 is 15.0 Å². The summed E-state index contributed by atoms with van der Waals surface area (Å²) in [6, 6.07) is 8.04. The van der Waals surface area contributed by atoms with Crippen LogP contribution in [-0.4, -0.2) is 35.8 Å². The second kappa shape index (κ2) is 7.50. The van der Waals surface area contributed by atoms with E-state index in [0.29, 0.717) is 23.4 Å². The maximum Gasteiger partial charge on any atom is 0.268 e. The van der Waals surface area contributed by atoms with E-state index in [0.717, 1.165) is 0 Å². The molecule has 0 saturated heterocycles. The molecule has 2 heterocycles. The molecule has 0 spiro atoms. The van der Waals surface area contributed by atoms with Crippen molar-refractivity contribution in [2.45, 2.75) is 45.8 Å². The van der Waals surface area contributed by atoms with Gasteiger partial charge in [0, 0.05) is 11.1 Å². The molecule has 0 saturated carbocycles. The Morgan fingerprint density at radius 2 is 1.96 bits per heavy atom. The zero-order valence-corrected chi connectivity index (χ0v) is 16.4. The maximum atomic E-state index is 12.8. The van der Waals surface area contributed by atoms with E-state index in [1.54, 1.807) is 30.3 Å². The van der Waals surface area contributed by atoms with Crippen molar-refractivity contribution in [2.24, 2.45) is 0 Å². The van der Waals surface area contributed by atoms with Gasteiger partial charge in [0.25, 0.3) is 5.91 Å². The first-order chi connectivity index (χ1) is 13.2. The lowest BCUT2D eigenvalue weighted by Gasteiger charge is -2.34. The van der Waals surface area contributed by atoms with Gasteiger partial charge in [-0.25, -0.2) is 0 Å². The number of fused-ring (bicyclic) bond motifs is 1. The molecule has 1 aliphatic heterocycles. The van der Waals surface area contributed by atoms with E-state index in [9.17, 15) is 14.4 Å². The Balaban J connectivity index is 1.95. The molecule has 2 amide bonds. The molecule has 1 aromatic carbocycles. The zero-order chi connectivity index (χ0) is 20.5. The summed E-state index contributed by atoms with van der Waals surface area (Å²) in [5.41, 5.74) is 0.328. The van der Waals surface area contributed by atoms with Gasteiger partial charge in [-0.05, 0) is 57.5 Å². The first-order valence-electron chi connectivity index (χ1n) is 9.21. The summed E-state index contributed by atoms with van der Waals surface area (Å²) in [5.74, 6) is -0.234. The molecule has 0 fully saturated rings. The van der Waals surface area contributed by atoms with Crippen LogP contribution in [0, 0.1) is 0 Å². The minimum Gasteiger partial charge on any atom is -0.478 e. The monoisotopic (exact) mass is 384 g/mol. The van der Waals surface area contributed by atoms with E-state index in [4.69, 9.17) is 9.15 Å². The molecule has 1 N–H and O–H groups in total. The molecular formula is C21H24N2O5. The van der Waals surface area contributed by atoms with Crippen LogP contribution in [-0.2, 0) is 9.59 Å². The smallest absolute Gasteiger partial charge is 0.268 e. The fourth-order valence-corrected chi connectivity index (χ4v) is 3.04. The molecule has 2 aromatic rings. The summed E-state index contributed by atoms with van der Waals surface area (Å²) < 4.78 is 10.9. The number of carbonyl (C=O) groups is 3. The zero-order valence-electron chi connectivity index (χ0n) is 16.4. The molecule has 28 heavy (non-hydrogen) atoms. The van der Waals surface area contributed by atoms with E-state index < -0.39 is 11.6 Å². The highest BCUT2D eigenvalue weighted by Gasteiger charge is 2.35. The molecular weight excluding hydrogens is 360 g/mol. The Bertz CT molecular complexity index is 896. The van der Waals surface area contributed by atoms with Crippen LogP contribution in [0.25, 0.3) is 0 Å². The third kappa shape index (κ3) is 4.08. The summed E-state index contributed by atoms with van der Waals surface area (Å²) in [6.45, 7) is 7.30. The minimum atomic E-state index is -0.665. The minimum absolute atomic E-state index is 0.151. The van der Waals surface area contributed by atoms with Crippen LogP contribution >= 0.6 is 0 Å². The maximum absolute atomic E-state index is 12.8. The number of nitrogens with one attached hydrogen (secondary N) is 1. The number of hydrogen-bond donors (Lipinski definition) is 1. The van der Waals surface area contributed by atoms with Gasteiger partial charge in [0.2, 0.25) is 11.7 Å². The van der Waals surface area contributed by atoms with Crippen LogP contribution in [0.2, 0.25) is 0 Å². The number of nitrogens with zero attached hydrogens (tertiary/aromatic N) is 1. The largest absolute Gasteiger partial charge is 0.478 e. The standard InChI is InChI=1S/C21H24N2O5/c1-5-15-20(26)23(12-18(24)22-21(2,3)4)14-11-13(8-9-16(14)28-15)19(25)17-7-6-10-27-17/h6-11,15H,5,12H2,1-4H3,(H,22,24). The second-order valence-electron chi connectivity index (χ2n) is 7.73. The number of amides is 2. The van der Waals surface area contributed by atoms with Crippen molar-refractivity contribution in [3.63, 3.8) is 0 Å². The summed E-state index contributed by atoms with van der Waals surface area (Å²) in [7, 11) is 0. The molecule has 0 radical (unpaired) electrons. The average Bonchev–Trinajstić information content (AvgIpc) is 3.16. The van der Waals surface area contributed by atoms with Gasteiger partial charge < -0.3 is 14.5 Å². The van der Waals surface area contributed by atoms with Gasteiger partial charge in [-0.15, -0.1) is 0 Å². The molecule has 0 bridgehead atoms. The molecule has 1 aliphatic rings. The number of furan rings is 1. The summed E-state index contributed by atoms with van der Waals surface area (Å²) >= 11 is 0. The molecule has 1 unspecified atom stereocenters. The van der Waals surface area contributed by atoms with Crippen LogP contribution in [0.4, 0.5) is 5.69 Å². The molecule has 7 nitrogen and oxygen atoms in total. The fourth-order valence-electron chi connectivity index (χ4n) is 3.04. The van der Waals surface area contributed by atoms with Crippen LogP contribution in [0.1, 0.15) is 50.2 Å². The lowest BCUT2D eigenvalue weighted by atomic mass is 10.0. The Morgan fingerprint density at radius 3 is 2.57 bits per heavy atom. The molecule has 1 aromatic heterocycles. The number of ether oxygens (including phenoxy) is 1. The first kappa shape index (κ1) is 19.7. The Labute approximate surface area is 163 Å². The summed E-state index contributed by atoms with van der Waals surface area (Å²) in [4.78, 5) is 39.3. The highest BCUT2D eigenvalue weighted by molar-refractivity contribution is 6.10. The number of ketones is 1.